The van der Waals surface area contributed by atoms with Gasteiger partial charge >= 0.3 is 0 Å². The highest BCUT2D eigenvalue weighted by Crippen LogP contribution is 2.32. The van der Waals surface area contributed by atoms with Crippen molar-refractivity contribution < 1.29 is 13.5 Å². The minimum Gasteiger partial charge on any atom is -0.506 e. The predicted molar refractivity (Wildman–Crippen MR) is 92.6 cm³/mol. The van der Waals surface area contributed by atoms with E-state index in [-0.39, 0.29) is 10.6 Å². The Morgan fingerprint density at radius 2 is 1.68 bits per heavy atom. The topological polar surface area (TPSA) is 92.8 Å². The van der Waals surface area contributed by atoms with Crippen LogP contribution in [0.3, 0.4) is 0 Å². The molecular formula is C14H12Br2N2O3S. The summed E-state index contributed by atoms with van der Waals surface area (Å²) in [6.45, 7) is 0.404. The lowest BCUT2D eigenvalue weighted by atomic mass is 10.2. The number of hydrogen-bond acceptors (Lipinski definition) is 4. The molecule has 116 valence electrons. The van der Waals surface area contributed by atoms with Gasteiger partial charge in [-0.25, -0.2) is 13.6 Å². The second kappa shape index (κ2) is 6.91. The van der Waals surface area contributed by atoms with Crippen molar-refractivity contribution in [2.45, 2.75) is 11.4 Å². The fraction of sp³-hybridized carbons (Fsp3) is 0.0714. The van der Waals surface area contributed by atoms with Crippen LogP contribution >= 0.6 is 31.9 Å². The van der Waals surface area contributed by atoms with Crippen molar-refractivity contribution in [1.82, 2.24) is 0 Å². The molecule has 8 heteroatoms. The first-order chi connectivity index (χ1) is 10.3. The van der Waals surface area contributed by atoms with Crippen molar-refractivity contribution in [2.24, 2.45) is 10.1 Å². The minimum atomic E-state index is -3.67. The molecule has 22 heavy (non-hydrogen) atoms. The van der Waals surface area contributed by atoms with E-state index in [0.29, 0.717) is 15.5 Å². The van der Waals surface area contributed by atoms with Gasteiger partial charge in [-0.2, -0.15) is 0 Å². The number of aliphatic imine (C=N–C) groups is 1. The van der Waals surface area contributed by atoms with E-state index in [1.807, 2.05) is 0 Å². The molecular weight excluding hydrogens is 436 g/mol. The number of primary sulfonamides is 1. The quantitative estimate of drug-likeness (QED) is 0.704. The Morgan fingerprint density at radius 1 is 1.14 bits per heavy atom. The smallest absolute Gasteiger partial charge is 0.238 e. The van der Waals surface area contributed by atoms with Gasteiger partial charge in [-0.15, -0.1) is 0 Å². The Labute approximate surface area is 145 Å². The van der Waals surface area contributed by atoms with Crippen molar-refractivity contribution in [3.63, 3.8) is 0 Å². The van der Waals surface area contributed by atoms with Crippen molar-refractivity contribution in [1.29, 1.82) is 0 Å². The third-order valence-electron chi connectivity index (χ3n) is 2.81. The molecule has 0 bridgehead atoms. The number of sulfonamides is 1. The van der Waals surface area contributed by atoms with Crippen LogP contribution in [0.15, 0.2) is 55.2 Å². The number of hydrogen-bond donors (Lipinski definition) is 2. The molecule has 0 atom stereocenters. The Hall–Kier alpha value is -1.22. The monoisotopic (exact) mass is 446 g/mol. The summed E-state index contributed by atoms with van der Waals surface area (Å²) in [5, 5.41) is 14.7. The number of nitrogens with two attached hydrogens (primary N) is 1. The third-order valence-corrected chi connectivity index (χ3v) is 4.94. The van der Waals surface area contributed by atoms with Crippen LogP contribution in [0.4, 0.5) is 0 Å². The van der Waals surface area contributed by atoms with Crippen LogP contribution in [0.2, 0.25) is 0 Å². The molecule has 0 aliphatic heterocycles. The number of benzene rings is 2. The minimum absolute atomic E-state index is 0.0756. The first kappa shape index (κ1) is 17.1. The van der Waals surface area contributed by atoms with Gasteiger partial charge in [-0.3, -0.25) is 4.99 Å². The second-order valence-electron chi connectivity index (χ2n) is 4.49. The molecule has 3 N–H and O–H groups in total. The average Bonchev–Trinajstić information content (AvgIpc) is 2.44. The van der Waals surface area contributed by atoms with Crippen LogP contribution in [0.1, 0.15) is 11.1 Å². The number of aromatic hydroxyl groups is 1. The summed E-state index contributed by atoms with van der Waals surface area (Å²) in [5.74, 6) is 0.135. The lowest BCUT2D eigenvalue weighted by Gasteiger charge is -2.02. The molecule has 0 saturated carbocycles. The maximum atomic E-state index is 11.2. The number of phenolic OH excluding ortho intramolecular Hbond substituents is 1. The van der Waals surface area contributed by atoms with Crippen molar-refractivity contribution in [2.75, 3.05) is 0 Å². The van der Waals surface area contributed by atoms with Crippen LogP contribution < -0.4 is 5.14 Å². The molecule has 5 nitrogen and oxygen atoms in total. The molecule has 0 amide bonds. The number of phenols is 1. The van der Waals surface area contributed by atoms with Gasteiger partial charge in [-0.1, -0.05) is 12.1 Å². The van der Waals surface area contributed by atoms with Gasteiger partial charge < -0.3 is 5.11 Å². The summed E-state index contributed by atoms with van der Waals surface area (Å²) in [4.78, 5) is 4.36. The zero-order valence-electron chi connectivity index (χ0n) is 11.2. The number of rotatable bonds is 4. The summed E-state index contributed by atoms with van der Waals surface area (Å²) in [5.41, 5.74) is 1.68. The van der Waals surface area contributed by atoms with Gasteiger partial charge in [0.05, 0.1) is 20.4 Å². The first-order valence-corrected chi connectivity index (χ1v) is 9.20. The zero-order valence-corrected chi connectivity index (χ0v) is 15.2. The maximum absolute atomic E-state index is 11.2. The largest absolute Gasteiger partial charge is 0.506 e. The van der Waals surface area contributed by atoms with Crippen molar-refractivity contribution >= 4 is 48.1 Å². The Morgan fingerprint density at radius 3 is 2.18 bits per heavy atom. The van der Waals surface area contributed by atoms with Crippen LogP contribution in [0.5, 0.6) is 5.75 Å². The molecule has 0 unspecified atom stereocenters. The van der Waals surface area contributed by atoms with E-state index in [1.54, 1.807) is 30.5 Å². The summed E-state index contributed by atoms with van der Waals surface area (Å²) in [6, 6.07) is 9.72. The Bertz CT molecular complexity index is 795. The molecule has 0 heterocycles. The standard InChI is InChI=1S/C14H12Br2N2O3S/c15-12-5-10(6-13(16)14(12)19)8-18-7-9-1-3-11(4-2-9)22(17,20)21/h1-6,8,19H,7H2,(H2,17,20,21). The molecule has 2 aromatic carbocycles. The van der Waals surface area contributed by atoms with Crippen molar-refractivity contribution in [3.8, 4) is 5.75 Å². The van der Waals surface area contributed by atoms with E-state index < -0.39 is 10.0 Å². The van der Waals surface area contributed by atoms with E-state index >= 15 is 0 Å². The van der Waals surface area contributed by atoms with E-state index in [1.165, 1.54) is 12.1 Å². The van der Waals surface area contributed by atoms with Gasteiger partial charge in [0, 0.05) is 6.21 Å². The zero-order chi connectivity index (χ0) is 16.3. The van der Waals surface area contributed by atoms with Crippen LogP contribution in [-0.4, -0.2) is 19.7 Å². The van der Waals surface area contributed by atoms with E-state index in [0.717, 1.165) is 11.1 Å². The van der Waals surface area contributed by atoms with Crippen LogP contribution in [0, 0.1) is 0 Å². The second-order valence-corrected chi connectivity index (χ2v) is 7.76. The van der Waals surface area contributed by atoms with Gasteiger partial charge in [0.1, 0.15) is 5.75 Å². The molecule has 0 fully saturated rings. The fourth-order valence-corrected chi connectivity index (χ4v) is 3.44. The van der Waals surface area contributed by atoms with E-state index in [9.17, 15) is 13.5 Å². The normalized spacial score (nSPS) is 12.0. The summed E-state index contributed by atoms with van der Waals surface area (Å²) >= 11 is 6.50. The molecule has 0 saturated heterocycles. The molecule has 0 aliphatic carbocycles. The van der Waals surface area contributed by atoms with Gasteiger partial charge in [0.25, 0.3) is 0 Å². The highest BCUT2D eigenvalue weighted by atomic mass is 79.9. The highest BCUT2D eigenvalue weighted by Gasteiger charge is 2.06. The predicted octanol–water partition coefficient (Wildman–Crippen LogP) is 3.18. The van der Waals surface area contributed by atoms with Crippen molar-refractivity contribution in [3.05, 3.63) is 56.5 Å². The summed E-state index contributed by atoms with van der Waals surface area (Å²) < 4.78 is 23.4. The van der Waals surface area contributed by atoms with Gasteiger partial charge in [0.15, 0.2) is 0 Å². The molecule has 0 radical (unpaired) electrons. The van der Waals surface area contributed by atoms with E-state index in [2.05, 4.69) is 36.9 Å². The van der Waals surface area contributed by atoms with E-state index in [4.69, 9.17) is 5.14 Å². The number of nitrogens with zero attached hydrogens (tertiary/aromatic N) is 1. The number of halogens is 2. The Kier molecular flexibility index (Phi) is 5.38. The van der Waals surface area contributed by atoms with Gasteiger partial charge in [0.2, 0.25) is 10.0 Å². The highest BCUT2D eigenvalue weighted by molar-refractivity contribution is 9.11. The molecule has 0 aliphatic rings. The molecule has 0 spiro atoms. The SMILES string of the molecule is NS(=O)(=O)c1ccc(CN=Cc2cc(Br)c(O)c(Br)c2)cc1. The first-order valence-electron chi connectivity index (χ1n) is 6.07. The summed E-state index contributed by atoms with van der Waals surface area (Å²) in [6.07, 6.45) is 1.67. The van der Waals surface area contributed by atoms with Crippen LogP contribution in [0.25, 0.3) is 0 Å². The lowest BCUT2D eigenvalue weighted by molar-refractivity contribution is 0.468. The molecule has 2 rings (SSSR count). The maximum Gasteiger partial charge on any atom is 0.238 e. The molecule has 0 aromatic heterocycles. The van der Waals surface area contributed by atoms with Gasteiger partial charge in [-0.05, 0) is 67.3 Å². The third kappa shape index (κ3) is 4.39. The average molecular weight is 448 g/mol. The fourth-order valence-electron chi connectivity index (χ4n) is 1.70. The van der Waals surface area contributed by atoms with Crippen LogP contribution in [-0.2, 0) is 16.6 Å². The Balaban J connectivity index is 2.10. The molecule has 2 aromatic rings. The summed E-state index contributed by atoms with van der Waals surface area (Å²) in [7, 11) is -3.67. The lowest BCUT2D eigenvalue weighted by Crippen LogP contribution is -2.11.